The maximum absolute atomic E-state index is 12.8. The molecule has 0 amide bonds. The Labute approximate surface area is 118 Å². The fourth-order valence-electron chi connectivity index (χ4n) is 1.54. The first-order chi connectivity index (χ1) is 9.67. The van der Waals surface area contributed by atoms with Crippen LogP contribution in [0.2, 0.25) is 0 Å². The van der Waals surface area contributed by atoms with E-state index in [1.54, 1.807) is 24.5 Å². The Hall–Kier alpha value is -1.96. The van der Waals surface area contributed by atoms with Crippen LogP contribution in [0.25, 0.3) is 0 Å². The van der Waals surface area contributed by atoms with E-state index in [1.807, 2.05) is 6.07 Å². The number of rotatable bonds is 5. The van der Waals surface area contributed by atoms with Crippen LogP contribution in [0.5, 0.6) is 5.75 Å². The van der Waals surface area contributed by atoms with Crippen LogP contribution in [0.1, 0.15) is 17.8 Å². The second-order valence-corrected chi connectivity index (χ2v) is 4.42. The third kappa shape index (κ3) is 2.96. The number of para-hydroxylation sites is 1. The molecule has 0 unspecified atom stereocenters. The van der Waals surface area contributed by atoms with Gasteiger partial charge in [-0.2, -0.15) is 9.78 Å². The van der Waals surface area contributed by atoms with Gasteiger partial charge in [-0.3, -0.25) is 0 Å². The number of halogens is 2. The number of aromatic nitrogens is 3. The van der Waals surface area contributed by atoms with Crippen LogP contribution in [0.15, 0.2) is 34.5 Å². The van der Waals surface area contributed by atoms with Crippen LogP contribution >= 0.6 is 11.8 Å². The smallest absolute Gasteiger partial charge is 0.299 e. The average Bonchev–Trinajstić information content (AvgIpc) is 2.88. The number of benzene rings is 1. The van der Waals surface area contributed by atoms with Crippen molar-refractivity contribution in [3.63, 3.8) is 0 Å². The average molecular weight is 298 g/mol. The Balaban J connectivity index is 2.38. The van der Waals surface area contributed by atoms with Gasteiger partial charge < -0.3 is 4.74 Å². The highest BCUT2D eigenvalue weighted by atomic mass is 32.2. The number of alkyl halides is 2. The molecular weight excluding hydrogens is 286 g/mol. The summed E-state index contributed by atoms with van der Waals surface area (Å²) in [5.74, 6) is 0.120. The normalized spacial score (nSPS) is 11.4. The monoisotopic (exact) mass is 298 g/mol. The van der Waals surface area contributed by atoms with Crippen LogP contribution in [0.3, 0.4) is 0 Å². The van der Waals surface area contributed by atoms with Gasteiger partial charge in [0.2, 0.25) is 11.0 Å². The second-order valence-electron chi connectivity index (χ2n) is 3.64. The lowest BCUT2D eigenvalue weighted by molar-refractivity contribution is 0.135. The molecule has 106 valence electrons. The second kappa shape index (κ2) is 6.47. The molecule has 0 aliphatic heterocycles. The fourth-order valence-corrected chi connectivity index (χ4v) is 1.98. The minimum Gasteiger partial charge on any atom is -0.496 e. The van der Waals surface area contributed by atoms with Crippen LogP contribution < -0.4 is 4.74 Å². The highest BCUT2D eigenvalue weighted by Gasteiger charge is 2.19. The van der Waals surface area contributed by atoms with Crippen LogP contribution in [0, 0.1) is 0 Å². The number of nitrogens with zero attached hydrogens (tertiary/aromatic N) is 4. The van der Waals surface area contributed by atoms with Crippen LogP contribution in [0.4, 0.5) is 8.78 Å². The van der Waals surface area contributed by atoms with Gasteiger partial charge in [0.25, 0.3) is 6.43 Å². The molecule has 2 rings (SSSR count). The molecule has 0 atom stereocenters. The summed E-state index contributed by atoms with van der Waals surface area (Å²) in [7, 11) is 1.53. The van der Waals surface area contributed by atoms with Crippen molar-refractivity contribution in [3.8, 4) is 5.75 Å². The number of hydrogen-bond donors (Lipinski definition) is 0. The van der Waals surface area contributed by atoms with Crippen molar-refractivity contribution in [2.75, 3.05) is 13.4 Å². The summed E-state index contributed by atoms with van der Waals surface area (Å²) in [6.07, 6.45) is 0.417. The molecule has 1 heterocycles. The first-order valence-electron chi connectivity index (χ1n) is 5.62. The molecule has 0 N–H and O–H groups in total. The van der Waals surface area contributed by atoms with E-state index in [0.717, 1.165) is 4.68 Å². The predicted molar refractivity (Wildman–Crippen MR) is 72.7 cm³/mol. The predicted octanol–water partition coefficient (Wildman–Crippen LogP) is 2.83. The molecule has 0 aliphatic rings. The van der Waals surface area contributed by atoms with Gasteiger partial charge in [0.1, 0.15) is 5.75 Å². The minimum atomic E-state index is -2.74. The molecule has 2 aromatic rings. The zero-order chi connectivity index (χ0) is 14.5. The van der Waals surface area contributed by atoms with Crippen molar-refractivity contribution in [2.24, 2.45) is 5.10 Å². The Morgan fingerprint density at radius 1 is 1.35 bits per heavy atom. The third-order valence-electron chi connectivity index (χ3n) is 2.47. The van der Waals surface area contributed by atoms with E-state index in [4.69, 9.17) is 4.74 Å². The lowest BCUT2D eigenvalue weighted by Gasteiger charge is -2.04. The lowest BCUT2D eigenvalue weighted by Crippen LogP contribution is -2.01. The van der Waals surface area contributed by atoms with E-state index in [9.17, 15) is 8.78 Å². The quantitative estimate of drug-likeness (QED) is 0.629. The van der Waals surface area contributed by atoms with Crippen molar-refractivity contribution in [1.82, 2.24) is 14.9 Å². The molecule has 0 saturated carbocycles. The highest BCUT2D eigenvalue weighted by Crippen LogP contribution is 2.22. The van der Waals surface area contributed by atoms with Crippen molar-refractivity contribution >= 4 is 18.0 Å². The molecule has 0 saturated heterocycles. The van der Waals surface area contributed by atoms with Gasteiger partial charge in [-0.15, -0.1) is 10.2 Å². The number of hydrogen-bond acceptors (Lipinski definition) is 5. The van der Waals surface area contributed by atoms with Crippen molar-refractivity contribution in [1.29, 1.82) is 0 Å². The molecule has 8 heteroatoms. The maximum Gasteiger partial charge on any atom is 0.299 e. The first-order valence-corrected chi connectivity index (χ1v) is 6.84. The van der Waals surface area contributed by atoms with Crippen molar-refractivity contribution in [2.45, 2.75) is 11.6 Å². The SMILES string of the molecule is COc1ccccc1/C=N\n1c(SC)nnc1C(F)F. The minimum absolute atomic E-state index is 0.298. The fraction of sp³-hybridized carbons (Fsp3) is 0.250. The van der Waals surface area contributed by atoms with Crippen molar-refractivity contribution in [3.05, 3.63) is 35.7 Å². The summed E-state index contributed by atoms with van der Waals surface area (Å²) in [5, 5.41) is 11.4. The van der Waals surface area contributed by atoms with Crippen LogP contribution in [-0.2, 0) is 0 Å². The van der Waals surface area contributed by atoms with E-state index in [1.165, 1.54) is 25.1 Å². The molecule has 0 radical (unpaired) electrons. The van der Waals surface area contributed by atoms with E-state index in [0.29, 0.717) is 16.5 Å². The number of methoxy groups -OCH3 is 1. The van der Waals surface area contributed by atoms with Gasteiger partial charge in [0.15, 0.2) is 0 Å². The van der Waals surface area contributed by atoms with Crippen LogP contribution in [-0.4, -0.2) is 34.5 Å². The van der Waals surface area contributed by atoms with E-state index in [2.05, 4.69) is 15.3 Å². The molecule has 1 aromatic carbocycles. The zero-order valence-electron chi connectivity index (χ0n) is 10.8. The zero-order valence-corrected chi connectivity index (χ0v) is 11.6. The Morgan fingerprint density at radius 2 is 2.10 bits per heavy atom. The molecule has 0 fully saturated rings. The third-order valence-corrected chi connectivity index (χ3v) is 3.08. The van der Waals surface area contributed by atoms with Gasteiger partial charge >= 0.3 is 0 Å². The molecular formula is C12H12F2N4OS. The maximum atomic E-state index is 12.8. The number of ether oxygens (including phenoxy) is 1. The van der Waals surface area contributed by atoms with Gasteiger partial charge in [-0.25, -0.2) is 8.78 Å². The summed E-state index contributed by atoms with van der Waals surface area (Å²) >= 11 is 1.19. The van der Waals surface area contributed by atoms with E-state index >= 15 is 0 Å². The summed E-state index contributed by atoms with van der Waals surface area (Å²) in [4.78, 5) is 0. The van der Waals surface area contributed by atoms with E-state index < -0.39 is 12.2 Å². The summed E-state index contributed by atoms with van der Waals surface area (Å²) in [5.41, 5.74) is 0.677. The largest absolute Gasteiger partial charge is 0.496 e. The molecule has 5 nitrogen and oxygen atoms in total. The summed E-state index contributed by atoms with van der Waals surface area (Å²) in [6, 6.07) is 7.15. The van der Waals surface area contributed by atoms with Gasteiger partial charge in [0, 0.05) is 5.56 Å². The van der Waals surface area contributed by atoms with Gasteiger partial charge in [-0.1, -0.05) is 23.9 Å². The van der Waals surface area contributed by atoms with E-state index in [-0.39, 0.29) is 0 Å². The van der Waals surface area contributed by atoms with Gasteiger partial charge in [-0.05, 0) is 18.4 Å². The standard InChI is InChI=1S/C12H12F2N4OS/c1-19-9-6-4-3-5-8(9)7-15-18-11(10(13)14)16-17-12(18)20-2/h3-7,10H,1-2H3/b15-7-. The Morgan fingerprint density at radius 3 is 2.75 bits per heavy atom. The molecule has 0 bridgehead atoms. The summed E-state index contributed by atoms with van der Waals surface area (Å²) in [6.45, 7) is 0. The van der Waals surface area contributed by atoms with Gasteiger partial charge in [0.05, 0.1) is 13.3 Å². The molecule has 20 heavy (non-hydrogen) atoms. The first kappa shape index (κ1) is 14.4. The molecule has 0 aliphatic carbocycles. The Kier molecular flexibility index (Phi) is 4.67. The highest BCUT2D eigenvalue weighted by molar-refractivity contribution is 7.98. The Bertz CT molecular complexity index is 615. The topological polar surface area (TPSA) is 52.3 Å². The number of thioether (sulfide) groups is 1. The van der Waals surface area contributed by atoms with Crippen molar-refractivity contribution < 1.29 is 13.5 Å². The molecule has 0 spiro atoms. The molecule has 1 aromatic heterocycles. The summed E-state index contributed by atoms with van der Waals surface area (Å²) < 4.78 is 31.8. The lowest BCUT2D eigenvalue weighted by atomic mass is 10.2.